The van der Waals surface area contributed by atoms with Crippen LogP contribution in [-0.2, 0) is 0 Å². The molecular weight excluding hydrogens is 122 g/mol. The second kappa shape index (κ2) is 2.24. The predicted molar refractivity (Wildman–Crippen MR) is 42.8 cm³/mol. The number of hydrogen-bond acceptors (Lipinski definition) is 1. The Kier molecular flexibility index (Phi) is 1.38. The van der Waals surface area contributed by atoms with Crippen molar-refractivity contribution in [1.29, 1.82) is 0 Å². The predicted octanol–water partition coefficient (Wildman–Crippen LogP) is 1.48. The molecule has 2 aliphatic rings. The minimum absolute atomic E-state index is 0.644. The van der Waals surface area contributed by atoms with Gasteiger partial charge in [0.2, 0.25) is 0 Å². The van der Waals surface area contributed by atoms with Gasteiger partial charge in [-0.15, -0.1) is 0 Å². The zero-order chi connectivity index (χ0) is 6.97. The topological polar surface area (TPSA) is 12.0 Å². The highest BCUT2D eigenvalue weighted by Gasteiger charge is 2.26. The van der Waals surface area contributed by atoms with Crippen LogP contribution in [0.1, 0.15) is 13.3 Å². The highest BCUT2D eigenvalue weighted by Crippen LogP contribution is 2.27. The molecule has 0 aromatic rings. The fourth-order valence-corrected chi connectivity index (χ4v) is 1.89. The summed E-state index contributed by atoms with van der Waals surface area (Å²) in [7, 11) is 0. The summed E-state index contributed by atoms with van der Waals surface area (Å²) >= 11 is 0. The van der Waals surface area contributed by atoms with E-state index in [4.69, 9.17) is 0 Å². The molecule has 0 spiro atoms. The standard InChI is InChI=1S/C9H13N/c1-7-3-2-4-9-8(7)5-6-10-9/h2-4,8-10H,5-6H2,1H3. The van der Waals surface area contributed by atoms with Gasteiger partial charge in [0.15, 0.2) is 0 Å². The Labute approximate surface area is 61.8 Å². The van der Waals surface area contributed by atoms with Crippen molar-refractivity contribution < 1.29 is 0 Å². The van der Waals surface area contributed by atoms with Gasteiger partial charge in [-0.05, 0) is 25.8 Å². The first-order valence-electron chi connectivity index (χ1n) is 3.96. The normalized spacial score (nSPS) is 37.5. The van der Waals surface area contributed by atoms with E-state index in [1.807, 2.05) is 0 Å². The van der Waals surface area contributed by atoms with Crippen molar-refractivity contribution >= 4 is 0 Å². The summed E-state index contributed by atoms with van der Waals surface area (Å²) in [6, 6.07) is 0.644. The van der Waals surface area contributed by atoms with Gasteiger partial charge in [0.1, 0.15) is 0 Å². The van der Waals surface area contributed by atoms with Crippen LogP contribution in [0.25, 0.3) is 0 Å². The first-order chi connectivity index (χ1) is 4.88. The van der Waals surface area contributed by atoms with Crippen LogP contribution in [0.15, 0.2) is 23.8 Å². The minimum atomic E-state index is 0.644. The van der Waals surface area contributed by atoms with E-state index in [0.717, 1.165) is 5.92 Å². The van der Waals surface area contributed by atoms with Crippen molar-refractivity contribution in [2.45, 2.75) is 19.4 Å². The maximum atomic E-state index is 3.46. The molecule has 0 saturated carbocycles. The third-order valence-electron chi connectivity index (χ3n) is 2.53. The summed E-state index contributed by atoms with van der Waals surface area (Å²) in [6.45, 7) is 3.42. The molecule has 0 bridgehead atoms. The van der Waals surface area contributed by atoms with Crippen LogP contribution in [0.4, 0.5) is 0 Å². The maximum absolute atomic E-state index is 3.46. The van der Waals surface area contributed by atoms with Gasteiger partial charge in [0.05, 0.1) is 0 Å². The average molecular weight is 135 g/mol. The van der Waals surface area contributed by atoms with Gasteiger partial charge in [-0.25, -0.2) is 0 Å². The van der Waals surface area contributed by atoms with Gasteiger partial charge < -0.3 is 5.32 Å². The molecule has 0 aromatic heterocycles. The Morgan fingerprint density at radius 2 is 2.50 bits per heavy atom. The van der Waals surface area contributed by atoms with E-state index in [1.165, 1.54) is 18.5 Å². The molecule has 1 aliphatic carbocycles. The van der Waals surface area contributed by atoms with Gasteiger partial charge in [-0.1, -0.05) is 23.8 Å². The largest absolute Gasteiger partial charge is 0.310 e. The highest BCUT2D eigenvalue weighted by atomic mass is 14.9. The van der Waals surface area contributed by atoms with Crippen molar-refractivity contribution in [2.75, 3.05) is 6.54 Å². The summed E-state index contributed by atoms with van der Waals surface area (Å²) in [5.74, 6) is 0.796. The van der Waals surface area contributed by atoms with Crippen molar-refractivity contribution in [2.24, 2.45) is 5.92 Å². The van der Waals surface area contributed by atoms with Crippen LogP contribution in [-0.4, -0.2) is 12.6 Å². The lowest BCUT2D eigenvalue weighted by Gasteiger charge is -2.19. The van der Waals surface area contributed by atoms with E-state index in [9.17, 15) is 0 Å². The third kappa shape index (κ3) is 0.816. The molecule has 1 saturated heterocycles. The molecule has 2 rings (SSSR count). The van der Waals surface area contributed by atoms with Gasteiger partial charge in [0, 0.05) is 6.04 Å². The number of rotatable bonds is 0. The maximum Gasteiger partial charge on any atom is 0.0319 e. The number of allylic oxidation sites excluding steroid dienone is 2. The van der Waals surface area contributed by atoms with Crippen LogP contribution in [0, 0.1) is 5.92 Å². The molecule has 10 heavy (non-hydrogen) atoms. The summed E-state index contributed by atoms with van der Waals surface area (Å²) in [6.07, 6.45) is 7.98. The molecule has 1 heterocycles. The zero-order valence-corrected chi connectivity index (χ0v) is 6.30. The molecule has 54 valence electrons. The Morgan fingerprint density at radius 1 is 1.60 bits per heavy atom. The molecule has 0 aromatic carbocycles. The molecular formula is C9H13N. The van der Waals surface area contributed by atoms with Crippen molar-refractivity contribution in [3.05, 3.63) is 23.8 Å². The number of fused-ring (bicyclic) bond motifs is 1. The summed E-state index contributed by atoms with van der Waals surface area (Å²) in [5.41, 5.74) is 1.54. The molecule has 0 radical (unpaired) electrons. The lowest BCUT2D eigenvalue weighted by Crippen LogP contribution is -2.26. The zero-order valence-electron chi connectivity index (χ0n) is 6.30. The van der Waals surface area contributed by atoms with Crippen LogP contribution < -0.4 is 5.32 Å². The SMILES string of the molecule is CC1=CC=CC2NCCC12. The fourth-order valence-electron chi connectivity index (χ4n) is 1.89. The van der Waals surface area contributed by atoms with Crippen molar-refractivity contribution in [1.82, 2.24) is 5.32 Å². The molecule has 2 unspecified atom stereocenters. The van der Waals surface area contributed by atoms with Gasteiger partial charge in [-0.3, -0.25) is 0 Å². The molecule has 1 fully saturated rings. The second-order valence-corrected chi connectivity index (χ2v) is 3.17. The fraction of sp³-hybridized carbons (Fsp3) is 0.556. The first-order valence-corrected chi connectivity index (χ1v) is 3.96. The van der Waals surface area contributed by atoms with E-state index >= 15 is 0 Å². The minimum Gasteiger partial charge on any atom is -0.310 e. The lowest BCUT2D eigenvalue weighted by molar-refractivity contribution is 0.581. The van der Waals surface area contributed by atoms with Gasteiger partial charge in [-0.2, -0.15) is 0 Å². The summed E-state index contributed by atoms with van der Waals surface area (Å²) in [5, 5.41) is 3.46. The van der Waals surface area contributed by atoms with E-state index < -0.39 is 0 Å². The molecule has 1 nitrogen and oxygen atoms in total. The van der Waals surface area contributed by atoms with E-state index in [-0.39, 0.29) is 0 Å². The van der Waals surface area contributed by atoms with Crippen molar-refractivity contribution in [3.63, 3.8) is 0 Å². The molecule has 1 N–H and O–H groups in total. The molecule has 1 heteroatoms. The van der Waals surface area contributed by atoms with Gasteiger partial charge in [0.25, 0.3) is 0 Å². The average Bonchev–Trinajstić information content (AvgIpc) is 2.36. The second-order valence-electron chi connectivity index (χ2n) is 3.17. The highest BCUT2D eigenvalue weighted by molar-refractivity contribution is 5.25. The lowest BCUT2D eigenvalue weighted by atomic mass is 9.89. The van der Waals surface area contributed by atoms with Crippen molar-refractivity contribution in [3.8, 4) is 0 Å². The molecule has 1 aliphatic heterocycles. The molecule has 2 atom stereocenters. The van der Waals surface area contributed by atoms with E-state index in [0.29, 0.717) is 6.04 Å². The smallest absolute Gasteiger partial charge is 0.0319 e. The van der Waals surface area contributed by atoms with E-state index in [1.54, 1.807) is 0 Å². The molecule has 0 amide bonds. The van der Waals surface area contributed by atoms with Crippen LogP contribution in [0.3, 0.4) is 0 Å². The quantitative estimate of drug-likeness (QED) is 0.530. The Balaban J connectivity index is 2.24. The van der Waals surface area contributed by atoms with Crippen LogP contribution >= 0.6 is 0 Å². The Hall–Kier alpha value is -0.560. The Morgan fingerprint density at radius 3 is 3.30 bits per heavy atom. The first kappa shape index (κ1) is 6.17. The van der Waals surface area contributed by atoms with Gasteiger partial charge >= 0.3 is 0 Å². The number of hydrogen-bond donors (Lipinski definition) is 1. The number of nitrogens with one attached hydrogen (secondary N) is 1. The Bertz CT molecular complexity index is 191. The monoisotopic (exact) mass is 135 g/mol. The van der Waals surface area contributed by atoms with Crippen LogP contribution in [0.5, 0.6) is 0 Å². The van der Waals surface area contributed by atoms with E-state index in [2.05, 4.69) is 30.5 Å². The summed E-state index contributed by atoms with van der Waals surface area (Å²) < 4.78 is 0. The third-order valence-corrected chi connectivity index (χ3v) is 2.53. The summed E-state index contributed by atoms with van der Waals surface area (Å²) in [4.78, 5) is 0. The van der Waals surface area contributed by atoms with Crippen LogP contribution in [0.2, 0.25) is 0 Å².